The number of hydrogen-bond acceptors (Lipinski definition) is 2. The van der Waals surface area contributed by atoms with Crippen LogP contribution in [0, 0.1) is 11.3 Å². The van der Waals surface area contributed by atoms with Crippen LogP contribution in [0.3, 0.4) is 0 Å². The molecule has 0 aromatic heterocycles. The summed E-state index contributed by atoms with van der Waals surface area (Å²) in [6.07, 6.45) is 0.483. The SMILES string of the molecule is CCS/C=C(\CC#N)c1ccccc1. The average molecular weight is 203 g/mol. The lowest BCUT2D eigenvalue weighted by molar-refractivity contribution is 1.36. The second-order valence-electron chi connectivity index (χ2n) is 2.80. The van der Waals surface area contributed by atoms with E-state index in [2.05, 4.69) is 18.4 Å². The number of rotatable bonds is 4. The van der Waals surface area contributed by atoms with E-state index in [0.29, 0.717) is 6.42 Å². The van der Waals surface area contributed by atoms with Gasteiger partial charge in [-0.3, -0.25) is 0 Å². The van der Waals surface area contributed by atoms with Gasteiger partial charge in [-0.25, -0.2) is 0 Å². The van der Waals surface area contributed by atoms with Crippen molar-refractivity contribution < 1.29 is 0 Å². The maximum atomic E-state index is 8.70. The summed E-state index contributed by atoms with van der Waals surface area (Å²) in [6, 6.07) is 12.3. The van der Waals surface area contributed by atoms with E-state index in [1.165, 1.54) is 0 Å². The Morgan fingerprint density at radius 3 is 2.71 bits per heavy atom. The van der Waals surface area contributed by atoms with Crippen LogP contribution < -0.4 is 0 Å². The van der Waals surface area contributed by atoms with E-state index < -0.39 is 0 Å². The maximum Gasteiger partial charge on any atom is 0.0670 e. The lowest BCUT2D eigenvalue weighted by Crippen LogP contribution is -1.81. The quantitative estimate of drug-likeness (QED) is 0.745. The fraction of sp³-hybridized carbons (Fsp3) is 0.250. The van der Waals surface area contributed by atoms with Crippen molar-refractivity contribution in [2.75, 3.05) is 5.75 Å². The molecule has 1 rings (SSSR count). The predicted molar refractivity (Wildman–Crippen MR) is 62.8 cm³/mol. The number of thioether (sulfide) groups is 1. The first-order valence-corrected chi connectivity index (χ1v) is 5.66. The van der Waals surface area contributed by atoms with Crippen molar-refractivity contribution in [3.05, 3.63) is 41.3 Å². The molecule has 1 nitrogen and oxygen atoms in total. The van der Waals surface area contributed by atoms with Crippen LogP contribution >= 0.6 is 11.8 Å². The van der Waals surface area contributed by atoms with Gasteiger partial charge < -0.3 is 0 Å². The first-order valence-electron chi connectivity index (χ1n) is 4.61. The first kappa shape index (κ1) is 10.9. The highest BCUT2D eigenvalue weighted by Gasteiger charge is 1.99. The number of nitrogens with zero attached hydrogens (tertiary/aromatic N) is 1. The van der Waals surface area contributed by atoms with Crippen molar-refractivity contribution in [2.24, 2.45) is 0 Å². The minimum absolute atomic E-state index is 0.483. The molecular formula is C12H13NS. The molecule has 0 aliphatic rings. The summed E-state index contributed by atoms with van der Waals surface area (Å²) in [5.74, 6) is 1.04. The second kappa shape index (κ2) is 6.28. The standard InChI is InChI=1S/C12H13NS/c1-2-14-10-12(8-9-13)11-6-4-3-5-7-11/h3-7,10H,2,8H2,1H3/b12-10+. The molecule has 1 aromatic rings. The van der Waals surface area contributed by atoms with Gasteiger partial charge in [-0.2, -0.15) is 5.26 Å². The van der Waals surface area contributed by atoms with Crippen LogP contribution in [0.5, 0.6) is 0 Å². The average Bonchev–Trinajstić information content (AvgIpc) is 2.25. The van der Waals surface area contributed by atoms with Gasteiger partial charge in [0.05, 0.1) is 12.5 Å². The van der Waals surface area contributed by atoms with Gasteiger partial charge in [0.1, 0.15) is 0 Å². The highest BCUT2D eigenvalue weighted by molar-refractivity contribution is 8.02. The largest absolute Gasteiger partial charge is 0.198 e. The van der Waals surface area contributed by atoms with Crippen molar-refractivity contribution in [1.29, 1.82) is 5.26 Å². The Bertz CT molecular complexity index is 335. The van der Waals surface area contributed by atoms with Gasteiger partial charge in [0.25, 0.3) is 0 Å². The Labute approximate surface area is 89.4 Å². The molecule has 2 heteroatoms. The van der Waals surface area contributed by atoms with Gasteiger partial charge in [0.15, 0.2) is 0 Å². The zero-order valence-electron chi connectivity index (χ0n) is 8.23. The van der Waals surface area contributed by atoms with Gasteiger partial charge in [-0.1, -0.05) is 37.3 Å². The number of hydrogen-bond donors (Lipinski definition) is 0. The predicted octanol–water partition coefficient (Wildman–Crippen LogP) is 3.69. The van der Waals surface area contributed by atoms with Gasteiger partial charge >= 0.3 is 0 Å². The Hall–Kier alpha value is -1.20. The van der Waals surface area contributed by atoms with Crippen LogP contribution in [0.2, 0.25) is 0 Å². The monoisotopic (exact) mass is 203 g/mol. The van der Waals surface area contributed by atoms with E-state index in [4.69, 9.17) is 5.26 Å². The normalized spacial score (nSPS) is 11.0. The highest BCUT2D eigenvalue weighted by Crippen LogP contribution is 2.21. The number of benzene rings is 1. The molecule has 0 atom stereocenters. The van der Waals surface area contributed by atoms with Crippen molar-refractivity contribution >= 4 is 17.3 Å². The molecule has 14 heavy (non-hydrogen) atoms. The topological polar surface area (TPSA) is 23.8 Å². The third kappa shape index (κ3) is 3.27. The zero-order valence-corrected chi connectivity index (χ0v) is 9.05. The maximum absolute atomic E-state index is 8.70. The van der Waals surface area contributed by atoms with Crippen LogP contribution in [0.15, 0.2) is 35.7 Å². The van der Waals surface area contributed by atoms with Crippen molar-refractivity contribution in [2.45, 2.75) is 13.3 Å². The van der Waals surface area contributed by atoms with E-state index in [1.807, 2.05) is 30.3 Å². The van der Waals surface area contributed by atoms with Crippen LogP contribution in [0.25, 0.3) is 5.57 Å². The summed E-state index contributed by atoms with van der Waals surface area (Å²) in [4.78, 5) is 0. The molecular weight excluding hydrogens is 190 g/mol. The van der Waals surface area contributed by atoms with E-state index in [1.54, 1.807) is 11.8 Å². The van der Waals surface area contributed by atoms with Crippen LogP contribution in [0.4, 0.5) is 0 Å². The van der Waals surface area contributed by atoms with E-state index in [9.17, 15) is 0 Å². The minimum Gasteiger partial charge on any atom is -0.198 e. The zero-order chi connectivity index (χ0) is 10.2. The molecule has 0 heterocycles. The van der Waals surface area contributed by atoms with Gasteiger partial charge in [-0.15, -0.1) is 11.8 Å². The molecule has 0 radical (unpaired) electrons. The molecule has 0 amide bonds. The molecule has 0 aliphatic carbocycles. The molecule has 0 N–H and O–H groups in total. The van der Waals surface area contributed by atoms with Crippen molar-refractivity contribution in [3.63, 3.8) is 0 Å². The summed E-state index contributed by atoms with van der Waals surface area (Å²) in [6.45, 7) is 2.11. The lowest BCUT2D eigenvalue weighted by Gasteiger charge is -2.02. The fourth-order valence-electron chi connectivity index (χ4n) is 1.13. The molecule has 0 spiro atoms. The lowest BCUT2D eigenvalue weighted by atomic mass is 10.1. The third-order valence-corrected chi connectivity index (χ3v) is 2.59. The van der Waals surface area contributed by atoms with Crippen LogP contribution in [-0.2, 0) is 0 Å². The number of nitriles is 1. The van der Waals surface area contributed by atoms with Crippen LogP contribution in [0.1, 0.15) is 18.9 Å². The summed E-state index contributed by atoms with van der Waals surface area (Å²) in [7, 11) is 0. The molecule has 0 fully saturated rings. The Kier molecular flexibility index (Phi) is 4.88. The minimum atomic E-state index is 0.483. The molecule has 72 valence electrons. The summed E-state index contributed by atoms with van der Waals surface area (Å²) >= 11 is 1.74. The molecule has 0 saturated heterocycles. The molecule has 0 bridgehead atoms. The summed E-state index contributed by atoms with van der Waals surface area (Å²) in [5, 5.41) is 10.8. The number of allylic oxidation sites excluding steroid dienone is 1. The van der Waals surface area contributed by atoms with Gasteiger partial charge in [0, 0.05) is 0 Å². The second-order valence-corrected chi connectivity index (χ2v) is 3.95. The Morgan fingerprint density at radius 1 is 1.43 bits per heavy atom. The molecule has 0 unspecified atom stereocenters. The van der Waals surface area contributed by atoms with E-state index in [0.717, 1.165) is 16.9 Å². The molecule has 0 saturated carbocycles. The fourth-order valence-corrected chi connectivity index (χ4v) is 1.72. The van der Waals surface area contributed by atoms with Gasteiger partial charge in [-0.05, 0) is 22.3 Å². The molecule has 0 aliphatic heterocycles. The van der Waals surface area contributed by atoms with E-state index >= 15 is 0 Å². The van der Waals surface area contributed by atoms with Gasteiger partial charge in [0.2, 0.25) is 0 Å². The summed E-state index contributed by atoms with van der Waals surface area (Å²) in [5.41, 5.74) is 2.26. The third-order valence-electron chi connectivity index (χ3n) is 1.81. The van der Waals surface area contributed by atoms with Crippen molar-refractivity contribution in [3.8, 4) is 6.07 Å². The van der Waals surface area contributed by atoms with Crippen LogP contribution in [-0.4, -0.2) is 5.75 Å². The Balaban J connectivity index is 2.84. The first-order chi connectivity index (χ1) is 6.88. The highest BCUT2D eigenvalue weighted by atomic mass is 32.2. The smallest absolute Gasteiger partial charge is 0.0670 e. The summed E-state index contributed by atoms with van der Waals surface area (Å²) < 4.78 is 0. The molecule has 1 aromatic carbocycles. The van der Waals surface area contributed by atoms with E-state index in [-0.39, 0.29) is 0 Å². The Morgan fingerprint density at radius 2 is 2.14 bits per heavy atom. The van der Waals surface area contributed by atoms with Crippen molar-refractivity contribution in [1.82, 2.24) is 0 Å².